The average molecular weight is 247 g/mol. The van der Waals surface area contributed by atoms with Gasteiger partial charge in [-0.05, 0) is 19.1 Å². The van der Waals surface area contributed by atoms with Gasteiger partial charge in [-0.2, -0.15) is 5.26 Å². The molecule has 1 rings (SSSR count). The molecule has 6 nitrogen and oxygen atoms in total. The van der Waals surface area contributed by atoms with Crippen LogP contribution < -0.4 is 15.8 Å². The van der Waals surface area contributed by atoms with Crippen molar-refractivity contribution in [2.75, 3.05) is 6.61 Å². The molecule has 0 aliphatic heterocycles. The Morgan fingerprint density at radius 3 is 2.78 bits per heavy atom. The van der Waals surface area contributed by atoms with Crippen LogP contribution in [0.4, 0.5) is 0 Å². The fraction of sp³-hybridized carbons (Fsp3) is 0.250. The van der Waals surface area contributed by atoms with Gasteiger partial charge in [-0.15, -0.1) is 0 Å². The van der Waals surface area contributed by atoms with Gasteiger partial charge in [-0.3, -0.25) is 9.59 Å². The zero-order valence-electron chi connectivity index (χ0n) is 9.84. The van der Waals surface area contributed by atoms with E-state index in [1.807, 2.05) is 6.07 Å². The lowest BCUT2D eigenvalue weighted by Crippen LogP contribution is -2.44. The van der Waals surface area contributed by atoms with Crippen LogP contribution in [-0.2, 0) is 9.59 Å². The van der Waals surface area contributed by atoms with Gasteiger partial charge in [0.1, 0.15) is 17.9 Å². The number of carbonyl (C=O) groups is 2. The average Bonchev–Trinajstić information content (AvgIpc) is 2.36. The molecule has 0 spiro atoms. The number of primary amides is 1. The molecule has 0 radical (unpaired) electrons. The summed E-state index contributed by atoms with van der Waals surface area (Å²) in [7, 11) is 0. The number of nitrogens with two attached hydrogens (primary N) is 1. The molecule has 0 fully saturated rings. The Labute approximate surface area is 104 Å². The number of carbonyl (C=O) groups excluding carboxylic acids is 2. The van der Waals surface area contributed by atoms with Crippen LogP contribution in [0.3, 0.4) is 0 Å². The topological polar surface area (TPSA) is 105 Å². The fourth-order valence-electron chi connectivity index (χ4n) is 1.18. The summed E-state index contributed by atoms with van der Waals surface area (Å²) < 4.78 is 5.18. The fourth-order valence-corrected chi connectivity index (χ4v) is 1.18. The molecule has 94 valence electrons. The van der Waals surface area contributed by atoms with Crippen LogP contribution in [0, 0.1) is 11.3 Å². The summed E-state index contributed by atoms with van der Waals surface area (Å²) in [4.78, 5) is 22.1. The molecule has 0 saturated heterocycles. The number of para-hydroxylation sites is 1. The molecule has 1 atom stereocenters. The number of nitrogens with one attached hydrogen (secondary N) is 1. The van der Waals surface area contributed by atoms with Crippen molar-refractivity contribution in [1.29, 1.82) is 5.26 Å². The highest BCUT2D eigenvalue weighted by molar-refractivity contribution is 5.86. The van der Waals surface area contributed by atoms with Gasteiger partial charge in [0.2, 0.25) is 5.91 Å². The van der Waals surface area contributed by atoms with Crippen LogP contribution in [0.25, 0.3) is 0 Å². The molecule has 1 aromatic carbocycles. The third-order valence-electron chi connectivity index (χ3n) is 2.17. The summed E-state index contributed by atoms with van der Waals surface area (Å²) in [6.07, 6.45) is 0. The van der Waals surface area contributed by atoms with Gasteiger partial charge >= 0.3 is 0 Å². The second-order valence-corrected chi connectivity index (χ2v) is 3.59. The highest BCUT2D eigenvalue weighted by Gasteiger charge is 2.12. The van der Waals surface area contributed by atoms with Crippen molar-refractivity contribution in [3.8, 4) is 11.8 Å². The van der Waals surface area contributed by atoms with E-state index in [2.05, 4.69) is 5.32 Å². The van der Waals surface area contributed by atoms with Crippen LogP contribution in [-0.4, -0.2) is 24.5 Å². The molecule has 0 aliphatic rings. The van der Waals surface area contributed by atoms with E-state index in [0.29, 0.717) is 11.3 Å². The first-order valence-electron chi connectivity index (χ1n) is 5.25. The lowest BCUT2D eigenvalue weighted by atomic mass is 10.2. The van der Waals surface area contributed by atoms with E-state index in [9.17, 15) is 9.59 Å². The maximum atomic E-state index is 11.4. The minimum Gasteiger partial charge on any atom is -0.482 e. The van der Waals surface area contributed by atoms with Gasteiger partial charge < -0.3 is 15.8 Å². The lowest BCUT2D eigenvalue weighted by Gasteiger charge is -2.11. The normalized spacial score (nSPS) is 11.1. The van der Waals surface area contributed by atoms with Crippen molar-refractivity contribution < 1.29 is 14.3 Å². The van der Waals surface area contributed by atoms with Crippen LogP contribution >= 0.6 is 0 Å². The van der Waals surface area contributed by atoms with Gasteiger partial charge in [-0.1, -0.05) is 12.1 Å². The molecule has 1 unspecified atom stereocenters. The molecule has 0 bridgehead atoms. The number of nitrogens with zero attached hydrogens (tertiary/aromatic N) is 1. The predicted octanol–water partition coefficient (Wildman–Crippen LogP) is -0.0729. The minimum absolute atomic E-state index is 0.281. The zero-order chi connectivity index (χ0) is 13.5. The van der Waals surface area contributed by atoms with Crippen LogP contribution in [0.1, 0.15) is 12.5 Å². The van der Waals surface area contributed by atoms with E-state index >= 15 is 0 Å². The highest BCUT2D eigenvalue weighted by Crippen LogP contribution is 2.16. The summed E-state index contributed by atoms with van der Waals surface area (Å²) in [5, 5.41) is 11.2. The van der Waals surface area contributed by atoms with Crippen LogP contribution in [0.5, 0.6) is 5.75 Å². The number of nitriles is 1. The second kappa shape index (κ2) is 6.25. The number of benzene rings is 1. The van der Waals surface area contributed by atoms with Gasteiger partial charge in [0.25, 0.3) is 5.91 Å². The molecule has 18 heavy (non-hydrogen) atoms. The molecule has 3 N–H and O–H groups in total. The van der Waals surface area contributed by atoms with Crippen molar-refractivity contribution in [2.24, 2.45) is 5.73 Å². The minimum atomic E-state index is -0.757. The third-order valence-corrected chi connectivity index (χ3v) is 2.17. The quantitative estimate of drug-likeness (QED) is 0.759. The van der Waals surface area contributed by atoms with E-state index < -0.39 is 17.9 Å². The van der Waals surface area contributed by atoms with Crippen LogP contribution in [0.15, 0.2) is 24.3 Å². The smallest absolute Gasteiger partial charge is 0.258 e. The largest absolute Gasteiger partial charge is 0.482 e. The van der Waals surface area contributed by atoms with Crippen molar-refractivity contribution in [1.82, 2.24) is 5.32 Å². The molecule has 1 aromatic rings. The van der Waals surface area contributed by atoms with E-state index in [1.54, 1.807) is 24.3 Å². The molecule has 2 amide bonds. The summed E-state index contributed by atoms with van der Waals surface area (Å²) in [6.45, 7) is 1.19. The summed E-state index contributed by atoms with van der Waals surface area (Å²) in [5.74, 6) is -0.781. The van der Waals surface area contributed by atoms with Crippen LogP contribution in [0.2, 0.25) is 0 Å². The van der Waals surface area contributed by atoms with Gasteiger partial charge in [0, 0.05) is 0 Å². The maximum Gasteiger partial charge on any atom is 0.258 e. The number of hydrogen-bond acceptors (Lipinski definition) is 4. The van der Waals surface area contributed by atoms with E-state index in [0.717, 1.165) is 0 Å². The summed E-state index contributed by atoms with van der Waals surface area (Å²) in [6, 6.07) is 7.75. The molecular formula is C12H13N3O3. The summed E-state index contributed by atoms with van der Waals surface area (Å²) >= 11 is 0. The van der Waals surface area contributed by atoms with Gasteiger partial charge in [0.15, 0.2) is 6.61 Å². The monoisotopic (exact) mass is 247 g/mol. The third kappa shape index (κ3) is 3.79. The van der Waals surface area contributed by atoms with E-state index in [4.69, 9.17) is 15.7 Å². The Morgan fingerprint density at radius 1 is 1.50 bits per heavy atom. The first-order chi connectivity index (χ1) is 8.54. The van der Waals surface area contributed by atoms with Crippen molar-refractivity contribution in [3.63, 3.8) is 0 Å². The second-order valence-electron chi connectivity index (χ2n) is 3.59. The number of amides is 2. The Balaban J connectivity index is 2.53. The molecule has 0 heterocycles. The number of hydrogen-bond donors (Lipinski definition) is 2. The predicted molar refractivity (Wildman–Crippen MR) is 63.5 cm³/mol. The molecule has 6 heteroatoms. The number of ether oxygens (including phenoxy) is 1. The first-order valence-corrected chi connectivity index (χ1v) is 5.25. The Kier molecular flexibility index (Phi) is 4.69. The van der Waals surface area contributed by atoms with Gasteiger partial charge in [0.05, 0.1) is 5.56 Å². The Bertz CT molecular complexity index is 494. The van der Waals surface area contributed by atoms with E-state index in [1.165, 1.54) is 6.92 Å². The molecule has 0 aromatic heterocycles. The Hall–Kier alpha value is -2.55. The first kappa shape index (κ1) is 13.5. The SMILES string of the molecule is CC(NC(=O)COc1ccccc1C#N)C(N)=O. The van der Waals surface area contributed by atoms with Crippen molar-refractivity contribution in [3.05, 3.63) is 29.8 Å². The lowest BCUT2D eigenvalue weighted by molar-refractivity contribution is -0.128. The molecular weight excluding hydrogens is 234 g/mol. The molecule has 0 aliphatic carbocycles. The van der Waals surface area contributed by atoms with E-state index in [-0.39, 0.29) is 6.61 Å². The number of rotatable bonds is 5. The molecule has 0 saturated carbocycles. The summed E-state index contributed by atoms with van der Waals surface area (Å²) in [5.41, 5.74) is 5.34. The van der Waals surface area contributed by atoms with Crippen molar-refractivity contribution in [2.45, 2.75) is 13.0 Å². The van der Waals surface area contributed by atoms with Gasteiger partial charge in [-0.25, -0.2) is 0 Å². The highest BCUT2D eigenvalue weighted by atomic mass is 16.5. The standard InChI is InChI=1S/C12H13N3O3/c1-8(12(14)17)15-11(16)7-18-10-5-3-2-4-9(10)6-13/h2-5,8H,7H2,1H3,(H2,14,17)(H,15,16). The Morgan fingerprint density at radius 2 is 2.17 bits per heavy atom. The maximum absolute atomic E-state index is 11.4. The zero-order valence-corrected chi connectivity index (χ0v) is 9.84. The van der Waals surface area contributed by atoms with Crippen molar-refractivity contribution >= 4 is 11.8 Å².